The summed E-state index contributed by atoms with van der Waals surface area (Å²) in [5.41, 5.74) is 0.897. The van der Waals surface area contributed by atoms with Crippen LogP contribution in [0.3, 0.4) is 0 Å². The molecule has 0 spiro atoms. The van der Waals surface area contributed by atoms with Gasteiger partial charge in [0.2, 0.25) is 0 Å². The molecule has 0 aliphatic heterocycles. The van der Waals surface area contributed by atoms with Crippen LogP contribution in [0.4, 0.5) is 4.79 Å². The molecule has 1 N–H and O–H groups in total. The molecule has 0 heterocycles. The molecule has 104 valence electrons. The number of alkyl carbamates (subject to hydrolysis) is 1. The van der Waals surface area contributed by atoms with Crippen molar-refractivity contribution in [3.8, 4) is 0 Å². The maximum atomic E-state index is 11.7. The molecule has 1 aromatic rings. The summed E-state index contributed by atoms with van der Waals surface area (Å²) in [6.07, 6.45) is -0.0212. The predicted molar refractivity (Wildman–Crippen MR) is 74.4 cm³/mol. The minimum absolute atomic E-state index is 0.429. The molecule has 1 amide bonds. The quantitative estimate of drug-likeness (QED) is 0.865. The second-order valence-electron chi connectivity index (χ2n) is 5.28. The summed E-state index contributed by atoms with van der Waals surface area (Å²) in [6, 6.07) is 4.47. The molecule has 0 radical (unpaired) electrons. The first-order valence-electron chi connectivity index (χ1n) is 5.94. The van der Waals surface area contributed by atoms with E-state index in [4.69, 9.17) is 16.3 Å². The van der Waals surface area contributed by atoms with Gasteiger partial charge in [0.25, 0.3) is 0 Å². The molecule has 0 aliphatic carbocycles. The number of amides is 1. The Hall–Kier alpha value is -1.55. The van der Waals surface area contributed by atoms with Gasteiger partial charge in [-0.3, -0.25) is 0 Å². The van der Waals surface area contributed by atoms with E-state index in [9.17, 15) is 9.59 Å². The molecule has 1 rings (SSSR count). The van der Waals surface area contributed by atoms with Crippen molar-refractivity contribution < 1.29 is 14.3 Å². The van der Waals surface area contributed by atoms with Crippen LogP contribution in [0.5, 0.6) is 0 Å². The standard InChI is InChI=1S/C14H18ClNO3/c1-9-5-6-11(15)10(7-9)12(8-17)16-13(18)19-14(2,3)4/h5-8,12H,1-4H3,(H,16,18). The molecule has 4 nitrogen and oxygen atoms in total. The van der Waals surface area contributed by atoms with Crippen LogP contribution in [0.25, 0.3) is 0 Å². The molecule has 0 aromatic heterocycles. The van der Waals surface area contributed by atoms with Crippen molar-refractivity contribution in [3.05, 3.63) is 34.3 Å². The summed E-state index contributed by atoms with van der Waals surface area (Å²) in [5, 5.41) is 2.92. The van der Waals surface area contributed by atoms with Gasteiger partial charge in [0.15, 0.2) is 0 Å². The average molecular weight is 284 g/mol. The number of carbonyl (C=O) groups excluding carboxylic acids is 2. The molecule has 1 atom stereocenters. The topological polar surface area (TPSA) is 55.4 Å². The van der Waals surface area contributed by atoms with E-state index in [1.54, 1.807) is 32.9 Å². The average Bonchev–Trinajstić information content (AvgIpc) is 2.27. The molecule has 0 fully saturated rings. The highest BCUT2D eigenvalue weighted by molar-refractivity contribution is 6.31. The van der Waals surface area contributed by atoms with Crippen LogP contribution in [-0.4, -0.2) is 18.0 Å². The second-order valence-corrected chi connectivity index (χ2v) is 5.69. The molecular formula is C14H18ClNO3. The molecule has 0 saturated heterocycles. The third-order valence-corrected chi connectivity index (χ3v) is 2.64. The minimum atomic E-state index is -0.817. The Morgan fingerprint density at radius 2 is 2.05 bits per heavy atom. The van der Waals surface area contributed by atoms with Gasteiger partial charge in [0.05, 0.1) is 0 Å². The van der Waals surface area contributed by atoms with Crippen LogP contribution >= 0.6 is 11.6 Å². The number of aldehydes is 1. The van der Waals surface area contributed by atoms with E-state index in [-0.39, 0.29) is 0 Å². The van der Waals surface area contributed by atoms with Crippen molar-refractivity contribution in [3.63, 3.8) is 0 Å². The lowest BCUT2D eigenvalue weighted by Gasteiger charge is -2.22. The Bertz CT molecular complexity index is 480. The smallest absolute Gasteiger partial charge is 0.408 e. The molecule has 0 aliphatic rings. The Kier molecular flexibility index (Phi) is 4.95. The third kappa shape index (κ3) is 4.91. The summed E-state index contributed by atoms with van der Waals surface area (Å²) in [5.74, 6) is 0. The van der Waals surface area contributed by atoms with Gasteiger partial charge in [0.1, 0.15) is 17.9 Å². The number of carbonyl (C=O) groups is 2. The largest absolute Gasteiger partial charge is 0.444 e. The van der Waals surface area contributed by atoms with Crippen LogP contribution in [-0.2, 0) is 9.53 Å². The molecule has 19 heavy (non-hydrogen) atoms. The Labute approximate surface area is 118 Å². The summed E-state index contributed by atoms with van der Waals surface area (Å²) in [7, 11) is 0. The molecule has 0 bridgehead atoms. The zero-order valence-corrected chi connectivity index (χ0v) is 12.2. The van der Waals surface area contributed by atoms with Crippen LogP contribution in [0.2, 0.25) is 5.02 Å². The Morgan fingerprint density at radius 1 is 1.42 bits per heavy atom. The van der Waals surface area contributed by atoms with E-state index in [1.807, 2.05) is 13.0 Å². The van der Waals surface area contributed by atoms with Crippen molar-refractivity contribution in [1.82, 2.24) is 5.32 Å². The maximum Gasteiger partial charge on any atom is 0.408 e. The monoisotopic (exact) mass is 283 g/mol. The fourth-order valence-corrected chi connectivity index (χ4v) is 1.76. The number of benzene rings is 1. The van der Waals surface area contributed by atoms with Gasteiger partial charge in [-0.1, -0.05) is 29.3 Å². The number of halogens is 1. The van der Waals surface area contributed by atoms with Crippen LogP contribution in [0.15, 0.2) is 18.2 Å². The van der Waals surface area contributed by atoms with Crippen molar-refractivity contribution >= 4 is 24.0 Å². The highest BCUT2D eigenvalue weighted by Crippen LogP contribution is 2.23. The lowest BCUT2D eigenvalue weighted by Crippen LogP contribution is -2.35. The van der Waals surface area contributed by atoms with Crippen LogP contribution in [0.1, 0.15) is 37.9 Å². The van der Waals surface area contributed by atoms with Crippen molar-refractivity contribution in [1.29, 1.82) is 0 Å². The van der Waals surface area contributed by atoms with Crippen molar-refractivity contribution in [2.24, 2.45) is 0 Å². The lowest BCUT2D eigenvalue weighted by atomic mass is 10.1. The van der Waals surface area contributed by atoms with Gasteiger partial charge in [0, 0.05) is 10.6 Å². The number of ether oxygens (including phenoxy) is 1. The van der Waals surface area contributed by atoms with Crippen LogP contribution < -0.4 is 5.32 Å². The van der Waals surface area contributed by atoms with Gasteiger partial charge in [-0.15, -0.1) is 0 Å². The lowest BCUT2D eigenvalue weighted by molar-refractivity contribution is -0.109. The van der Waals surface area contributed by atoms with Crippen molar-refractivity contribution in [2.75, 3.05) is 0 Å². The predicted octanol–water partition coefficient (Wildman–Crippen LogP) is 3.41. The Balaban J connectivity index is 2.87. The number of rotatable bonds is 3. The van der Waals surface area contributed by atoms with E-state index < -0.39 is 17.7 Å². The second kappa shape index (κ2) is 6.06. The zero-order chi connectivity index (χ0) is 14.6. The van der Waals surface area contributed by atoms with E-state index in [0.717, 1.165) is 5.56 Å². The number of hydrogen-bond donors (Lipinski definition) is 1. The van der Waals surface area contributed by atoms with Crippen molar-refractivity contribution in [2.45, 2.75) is 39.3 Å². The zero-order valence-electron chi connectivity index (χ0n) is 11.5. The molecule has 1 unspecified atom stereocenters. The summed E-state index contributed by atoms with van der Waals surface area (Å²) in [6.45, 7) is 7.14. The fraction of sp³-hybridized carbons (Fsp3) is 0.429. The molecular weight excluding hydrogens is 266 g/mol. The highest BCUT2D eigenvalue weighted by atomic mass is 35.5. The minimum Gasteiger partial charge on any atom is -0.444 e. The molecule has 0 saturated carbocycles. The van der Waals surface area contributed by atoms with E-state index >= 15 is 0 Å². The first kappa shape index (κ1) is 15.5. The maximum absolute atomic E-state index is 11.7. The van der Waals surface area contributed by atoms with Gasteiger partial charge in [-0.05, 0) is 33.8 Å². The molecule has 5 heteroatoms. The summed E-state index contributed by atoms with van der Waals surface area (Å²) in [4.78, 5) is 22.8. The van der Waals surface area contributed by atoms with Gasteiger partial charge < -0.3 is 14.8 Å². The summed E-state index contributed by atoms with van der Waals surface area (Å²) >= 11 is 6.04. The summed E-state index contributed by atoms with van der Waals surface area (Å²) < 4.78 is 5.11. The number of aryl methyl sites for hydroxylation is 1. The van der Waals surface area contributed by atoms with Gasteiger partial charge in [-0.25, -0.2) is 4.79 Å². The fourth-order valence-electron chi connectivity index (χ4n) is 1.52. The third-order valence-electron chi connectivity index (χ3n) is 2.29. The normalized spacial score (nSPS) is 12.7. The molecule has 1 aromatic carbocycles. The van der Waals surface area contributed by atoms with Gasteiger partial charge >= 0.3 is 6.09 Å². The van der Waals surface area contributed by atoms with Gasteiger partial charge in [-0.2, -0.15) is 0 Å². The van der Waals surface area contributed by atoms with E-state index in [1.165, 1.54) is 0 Å². The number of hydrogen-bond acceptors (Lipinski definition) is 3. The number of nitrogens with one attached hydrogen (secondary N) is 1. The Morgan fingerprint density at radius 3 is 2.58 bits per heavy atom. The highest BCUT2D eigenvalue weighted by Gasteiger charge is 2.21. The van der Waals surface area contributed by atoms with Crippen LogP contribution in [0, 0.1) is 6.92 Å². The van der Waals surface area contributed by atoms with E-state index in [0.29, 0.717) is 16.9 Å². The van der Waals surface area contributed by atoms with E-state index in [2.05, 4.69) is 5.32 Å². The first-order chi connectivity index (χ1) is 8.73. The first-order valence-corrected chi connectivity index (χ1v) is 6.31. The SMILES string of the molecule is Cc1ccc(Cl)c(C(C=O)NC(=O)OC(C)(C)C)c1.